The van der Waals surface area contributed by atoms with Crippen molar-refractivity contribution in [3.05, 3.63) is 81.6 Å². The van der Waals surface area contributed by atoms with Crippen molar-refractivity contribution < 1.29 is 33.4 Å². The molecule has 8 nitrogen and oxygen atoms in total. The van der Waals surface area contributed by atoms with Gasteiger partial charge in [-0.3, -0.25) is 14.5 Å². The van der Waals surface area contributed by atoms with Gasteiger partial charge in [0.2, 0.25) is 0 Å². The third-order valence-corrected chi connectivity index (χ3v) is 6.58. The first-order chi connectivity index (χ1) is 16.8. The number of thiazole rings is 1. The molecular weight excluding hydrogens is 475 g/mol. The summed E-state index contributed by atoms with van der Waals surface area (Å²) in [7, 11) is 1.50. The Morgan fingerprint density at radius 1 is 1.14 bits per heavy atom. The first-order valence-corrected chi connectivity index (χ1v) is 11.4. The highest BCUT2D eigenvalue weighted by Crippen LogP contribution is 2.44. The number of amides is 1. The van der Waals surface area contributed by atoms with Crippen molar-refractivity contribution in [2.45, 2.75) is 19.9 Å². The van der Waals surface area contributed by atoms with Crippen LogP contribution in [-0.2, 0) is 14.3 Å². The Labute approximate surface area is 204 Å². The highest BCUT2D eigenvalue weighted by Gasteiger charge is 2.48. The molecule has 180 valence electrons. The highest BCUT2D eigenvalue weighted by molar-refractivity contribution is 7.17. The van der Waals surface area contributed by atoms with E-state index in [1.165, 1.54) is 31.4 Å². The van der Waals surface area contributed by atoms with E-state index in [1.54, 1.807) is 38.1 Å². The molecule has 0 saturated carbocycles. The van der Waals surface area contributed by atoms with Crippen molar-refractivity contribution in [3.63, 3.8) is 0 Å². The third kappa shape index (κ3) is 4.40. The fourth-order valence-electron chi connectivity index (χ4n) is 3.77. The van der Waals surface area contributed by atoms with Crippen molar-refractivity contribution in [2.24, 2.45) is 0 Å². The lowest BCUT2D eigenvalue weighted by molar-refractivity contribution is -0.132. The molecule has 2 aromatic carbocycles. The van der Waals surface area contributed by atoms with Gasteiger partial charge in [-0.15, -0.1) is 0 Å². The lowest BCUT2D eigenvalue weighted by atomic mass is 9.95. The maximum absolute atomic E-state index is 13.7. The number of Topliss-reactive ketones (excluding diaryl/α,β-unsaturated/α-hetero) is 1. The van der Waals surface area contributed by atoms with Crippen LogP contribution >= 0.6 is 11.3 Å². The topological polar surface area (TPSA) is 106 Å². The number of methoxy groups -OCH3 is 1. The maximum Gasteiger partial charge on any atom is 0.350 e. The van der Waals surface area contributed by atoms with Crippen LogP contribution < -0.4 is 9.64 Å². The number of aliphatic hydroxyl groups excluding tert-OH is 1. The van der Waals surface area contributed by atoms with E-state index < -0.39 is 35.3 Å². The van der Waals surface area contributed by atoms with Crippen molar-refractivity contribution >= 4 is 39.9 Å². The molecule has 10 heteroatoms. The second-order valence-electron chi connectivity index (χ2n) is 7.58. The number of hydrogen-bond acceptors (Lipinski definition) is 8. The number of hydrogen-bond donors (Lipinski definition) is 1. The molecule has 1 atom stereocenters. The van der Waals surface area contributed by atoms with Crippen LogP contribution in [0.25, 0.3) is 5.76 Å². The Balaban J connectivity index is 1.89. The quantitative estimate of drug-likeness (QED) is 0.233. The van der Waals surface area contributed by atoms with Crippen molar-refractivity contribution in [2.75, 3.05) is 18.6 Å². The number of benzene rings is 2. The summed E-state index contributed by atoms with van der Waals surface area (Å²) in [5, 5.41) is 11.2. The van der Waals surface area contributed by atoms with Gasteiger partial charge in [-0.05, 0) is 55.8 Å². The van der Waals surface area contributed by atoms with Crippen LogP contribution in [0.1, 0.15) is 39.5 Å². The van der Waals surface area contributed by atoms with Crippen molar-refractivity contribution in [1.82, 2.24) is 4.98 Å². The molecule has 1 aliphatic rings. The molecular formula is C25H21FN2O6S. The molecule has 3 aromatic rings. The molecule has 0 radical (unpaired) electrons. The van der Waals surface area contributed by atoms with Gasteiger partial charge in [0.05, 0.1) is 31.0 Å². The molecule has 4 rings (SSSR count). The lowest BCUT2D eigenvalue weighted by Crippen LogP contribution is -2.29. The van der Waals surface area contributed by atoms with Crippen LogP contribution in [0.5, 0.6) is 5.75 Å². The Morgan fingerprint density at radius 3 is 2.40 bits per heavy atom. The average Bonchev–Trinajstić information content (AvgIpc) is 3.36. The Morgan fingerprint density at radius 2 is 1.80 bits per heavy atom. The second kappa shape index (κ2) is 9.67. The van der Waals surface area contributed by atoms with Crippen LogP contribution in [0, 0.1) is 12.7 Å². The molecule has 1 amide bonds. The number of esters is 1. The summed E-state index contributed by atoms with van der Waals surface area (Å²) >= 11 is 0.899. The van der Waals surface area contributed by atoms with Crippen LogP contribution in [0.2, 0.25) is 0 Å². The largest absolute Gasteiger partial charge is 0.507 e. The predicted octanol–water partition coefficient (Wildman–Crippen LogP) is 4.40. The molecule has 35 heavy (non-hydrogen) atoms. The van der Waals surface area contributed by atoms with E-state index in [9.17, 15) is 23.9 Å². The van der Waals surface area contributed by atoms with E-state index in [0.29, 0.717) is 22.6 Å². The number of aliphatic hydroxyl groups is 1. The lowest BCUT2D eigenvalue weighted by Gasteiger charge is -2.23. The van der Waals surface area contributed by atoms with Gasteiger partial charge in [0.1, 0.15) is 22.2 Å². The number of ether oxygens (including phenoxy) is 2. The summed E-state index contributed by atoms with van der Waals surface area (Å²) in [5.41, 5.74) is 0.820. The third-order valence-electron chi connectivity index (χ3n) is 5.45. The number of nitrogens with zero attached hydrogens (tertiary/aromatic N) is 2. The zero-order chi connectivity index (χ0) is 25.3. The van der Waals surface area contributed by atoms with E-state index >= 15 is 0 Å². The molecule has 0 spiro atoms. The summed E-state index contributed by atoms with van der Waals surface area (Å²) in [6.07, 6.45) is 0. The molecule has 1 fully saturated rings. The highest BCUT2D eigenvalue weighted by atomic mass is 32.1. The molecule has 1 aliphatic heterocycles. The van der Waals surface area contributed by atoms with E-state index in [1.807, 2.05) is 0 Å². The van der Waals surface area contributed by atoms with Gasteiger partial charge in [-0.1, -0.05) is 23.5 Å². The van der Waals surface area contributed by atoms with Gasteiger partial charge in [0.15, 0.2) is 5.13 Å². The summed E-state index contributed by atoms with van der Waals surface area (Å²) in [4.78, 5) is 44.4. The fraction of sp³-hybridized carbons (Fsp3) is 0.200. The standard InChI is InChI=1S/C25H21FN2O6S/c1-4-34-24(32)22-13(2)27-25(35-22)28-19(14-5-9-16(26)10-6-14)18(21(30)23(28)31)20(29)15-7-11-17(33-3)12-8-15/h5-12,19,29H,4H2,1-3H3/b20-18+. The Kier molecular flexibility index (Phi) is 6.65. The first kappa shape index (κ1) is 24.1. The van der Waals surface area contributed by atoms with Gasteiger partial charge < -0.3 is 14.6 Å². The van der Waals surface area contributed by atoms with Gasteiger partial charge >= 0.3 is 11.9 Å². The van der Waals surface area contributed by atoms with E-state index in [0.717, 1.165) is 16.2 Å². The zero-order valence-electron chi connectivity index (χ0n) is 19.1. The molecule has 0 bridgehead atoms. The zero-order valence-corrected chi connectivity index (χ0v) is 19.9. The number of carbonyl (C=O) groups is 3. The van der Waals surface area contributed by atoms with Crippen molar-refractivity contribution in [3.8, 4) is 5.75 Å². The normalized spacial score (nSPS) is 17.0. The summed E-state index contributed by atoms with van der Waals surface area (Å²) in [5.74, 6) is -2.82. The molecule has 1 saturated heterocycles. The van der Waals surface area contributed by atoms with E-state index in [4.69, 9.17) is 9.47 Å². The predicted molar refractivity (Wildman–Crippen MR) is 127 cm³/mol. The van der Waals surface area contributed by atoms with Gasteiger partial charge in [-0.25, -0.2) is 14.2 Å². The molecule has 0 aliphatic carbocycles. The SMILES string of the molecule is CCOC(=O)c1sc(N2C(=O)C(=O)/C(=C(/O)c3ccc(OC)cc3)C2c2ccc(F)cc2)nc1C. The minimum absolute atomic E-state index is 0.0794. The fourth-order valence-corrected chi connectivity index (χ4v) is 4.75. The monoisotopic (exact) mass is 496 g/mol. The molecule has 1 unspecified atom stereocenters. The smallest absolute Gasteiger partial charge is 0.350 e. The minimum Gasteiger partial charge on any atom is -0.507 e. The van der Waals surface area contributed by atoms with Crippen LogP contribution in [0.15, 0.2) is 54.1 Å². The van der Waals surface area contributed by atoms with E-state index in [-0.39, 0.29) is 22.2 Å². The second-order valence-corrected chi connectivity index (χ2v) is 8.56. The summed E-state index contributed by atoms with van der Waals surface area (Å²) in [6, 6.07) is 10.4. The molecule has 1 N–H and O–H groups in total. The number of rotatable bonds is 6. The van der Waals surface area contributed by atoms with Crippen molar-refractivity contribution in [1.29, 1.82) is 0 Å². The molecule has 1 aromatic heterocycles. The average molecular weight is 497 g/mol. The summed E-state index contributed by atoms with van der Waals surface area (Å²) in [6.45, 7) is 3.42. The number of aryl methyl sites for hydroxylation is 1. The van der Waals surface area contributed by atoms with Gasteiger partial charge in [0, 0.05) is 5.56 Å². The van der Waals surface area contributed by atoms with Crippen LogP contribution in [-0.4, -0.2) is 41.5 Å². The van der Waals surface area contributed by atoms with E-state index in [2.05, 4.69) is 4.98 Å². The van der Waals surface area contributed by atoms with Crippen LogP contribution in [0.4, 0.5) is 9.52 Å². The number of aromatic nitrogens is 1. The molecule has 2 heterocycles. The van der Waals surface area contributed by atoms with Gasteiger partial charge in [-0.2, -0.15) is 0 Å². The minimum atomic E-state index is -1.10. The van der Waals surface area contributed by atoms with Crippen LogP contribution in [0.3, 0.4) is 0 Å². The Bertz CT molecular complexity index is 1330. The number of anilines is 1. The number of ketones is 1. The first-order valence-electron chi connectivity index (χ1n) is 10.6. The number of halogens is 1. The summed E-state index contributed by atoms with van der Waals surface area (Å²) < 4.78 is 23.9. The maximum atomic E-state index is 13.7. The van der Waals surface area contributed by atoms with Gasteiger partial charge in [0.25, 0.3) is 5.78 Å². The Hall–Kier alpha value is -4.05. The number of carbonyl (C=O) groups excluding carboxylic acids is 3.